The van der Waals surface area contributed by atoms with Crippen molar-refractivity contribution in [3.05, 3.63) is 47.9 Å². The third-order valence-electron chi connectivity index (χ3n) is 3.47. The first-order chi connectivity index (χ1) is 11.1. The van der Waals surface area contributed by atoms with E-state index in [0.29, 0.717) is 5.69 Å². The Balaban J connectivity index is 2.16. The van der Waals surface area contributed by atoms with Gasteiger partial charge in [-0.1, -0.05) is 26.0 Å². The summed E-state index contributed by atoms with van der Waals surface area (Å²) in [5.41, 5.74) is 2.26. The van der Waals surface area contributed by atoms with Crippen LogP contribution >= 0.6 is 0 Å². The molecule has 0 atom stereocenters. The van der Waals surface area contributed by atoms with Crippen LogP contribution in [0.1, 0.15) is 42.7 Å². The van der Waals surface area contributed by atoms with Gasteiger partial charge in [0.15, 0.2) is 0 Å². The van der Waals surface area contributed by atoms with Gasteiger partial charge in [-0.05, 0) is 37.5 Å². The number of hydrogen-bond donors (Lipinski definition) is 1. The Morgan fingerprint density at radius 1 is 1.13 bits per heavy atom. The standard InChI is InChI=1S/C18H24N4O/c1-4-9-22(10-5-2)17-12-16(19-13-20-17)18(23)21-15-8-6-7-14(3)11-15/h6-8,11-13H,4-5,9-10H2,1-3H3,(H,21,23). The minimum atomic E-state index is -0.216. The van der Waals surface area contributed by atoms with Gasteiger partial charge in [0.2, 0.25) is 0 Å². The van der Waals surface area contributed by atoms with E-state index >= 15 is 0 Å². The second-order valence-corrected chi connectivity index (χ2v) is 5.57. The Hall–Kier alpha value is -2.43. The quantitative estimate of drug-likeness (QED) is 0.847. The van der Waals surface area contributed by atoms with E-state index in [4.69, 9.17) is 0 Å². The molecule has 122 valence electrons. The zero-order valence-electron chi connectivity index (χ0n) is 14.0. The van der Waals surface area contributed by atoms with Crippen molar-refractivity contribution in [3.63, 3.8) is 0 Å². The number of benzene rings is 1. The molecule has 1 amide bonds. The number of nitrogens with one attached hydrogen (secondary N) is 1. The summed E-state index contributed by atoms with van der Waals surface area (Å²) in [6.45, 7) is 8.10. The van der Waals surface area contributed by atoms with Crippen LogP contribution in [-0.4, -0.2) is 29.0 Å². The highest BCUT2D eigenvalue weighted by Crippen LogP contribution is 2.15. The molecule has 5 nitrogen and oxygen atoms in total. The smallest absolute Gasteiger partial charge is 0.274 e. The molecule has 5 heteroatoms. The van der Waals surface area contributed by atoms with Gasteiger partial charge < -0.3 is 10.2 Å². The summed E-state index contributed by atoms with van der Waals surface area (Å²) in [6, 6.07) is 9.47. The molecule has 0 spiro atoms. The van der Waals surface area contributed by atoms with E-state index in [9.17, 15) is 4.79 Å². The van der Waals surface area contributed by atoms with Crippen molar-refractivity contribution in [1.29, 1.82) is 0 Å². The Bertz CT molecular complexity index is 651. The van der Waals surface area contributed by atoms with Gasteiger partial charge >= 0.3 is 0 Å². The summed E-state index contributed by atoms with van der Waals surface area (Å²) < 4.78 is 0. The fourth-order valence-corrected chi connectivity index (χ4v) is 2.44. The predicted molar refractivity (Wildman–Crippen MR) is 94.0 cm³/mol. The zero-order chi connectivity index (χ0) is 16.7. The maximum atomic E-state index is 12.4. The molecule has 0 bridgehead atoms. The molecule has 0 radical (unpaired) electrons. The van der Waals surface area contributed by atoms with Crippen molar-refractivity contribution in [2.24, 2.45) is 0 Å². The lowest BCUT2D eigenvalue weighted by Gasteiger charge is -2.22. The summed E-state index contributed by atoms with van der Waals surface area (Å²) in [5.74, 6) is 0.588. The van der Waals surface area contributed by atoms with Crippen molar-refractivity contribution in [2.75, 3.05) is 23.3 Å². The van der Waals surface area contributed by atoms with Gasteiger partial charge in [-0.2, -0.15) is 0 Å². The molecule has 0 fully saturated rings. The molecule has 0 aliphatic carbocycles. The van der Waals surface area contributed by atoms with Crippen LogP contribution < -0.4 is 10.2 Å². The fourth-order valence-electron chi connectivity index (χ4n) is 2.44. The molecule has 1 N–H and O–H groups in total. The van der Waals surface area contributed by atoms with Crippen molar-refractivity contribution >= 4 is 17.4 Å². The Kier molecular flexibility index (Phi) is 6.09. The molecule has 0 saturated heterocycles. The average molecular weight is 312 g/mol. The van der Waals surface area contributed by atoms with Gasteiger partial charge in [-0.3, -0.25) is 4.79 Å². The monoisotopic (exact) mass is 312 g/mol. The van der Waals surface area contributed by atoms with Gasteiger partial charge in [0.25, 0.3) is 5.91 Å². The third-order valence-corrected chi connectivity index (χ3v) is 3.47. The van der Waals surface area contributed by atoms with Crippen LogP contribution in [0.2, 0.25) is 0 Å². The van der Waals surface area contributed by atoms with Crippen LogP contribution in [0.25, 0.3) is 0 Å². The molecule has 1 aromatic heterocycles. The van der Waals surface area contributed by atoms with Crippen LogP contribution in [0, 0.1) is 6.92 Å². The second kappa shape index (κ2) is 8.27. The SMILES string of the molecule is CCCN(CCC)c1cc(C(=O)Nc2cccc(C)c2)ncn1. The van der Waals surface area contributed by atoms with Gasteiger partial charge in [0, 0.05) is 24.8 Å². The summed E-state index contributed by atoms with van der Waals surface area (Å²) in [4.78, 5) is 23.0. The fraction of sp³-hybridized carbons (Fsp3) is 0.389. The van der Waals surface area contributed by atoms with Crippen LogP contribution in [-0.2, 0) is 0 Å². The molecule has 0 saturated carbocycles. The first-order valence-corrected chi connectivity index (χ1v) is 8.09. The number of aromatic nitrogens is 2. The van der Waals surface area contributed by atoms with E-state index in [1.54, 1.807) is 6.07 Å². The highest BCUT2D eigenvalue weighted by Gasteiger charge is 2.12. The van der Waals surface area contributed by atoms with E-state index in [0.717, 1.165) is 43.0 Å². The van der Waals surface area contributed by atoms with Crippen molar-refractivity contribution in [1.82, 2.24) is 9.97 Å². The molecule has 2 rings (SSSR count). The Labute approximate surface area is 137 Å². The molecule has 0 unspecified atom stereocenters. The first kappa shape index (κ1) is 16.9. The maximum Gasteiger partial charge on any atom is 0.274 e. The molecule has 0 aliphatic heterocycles. The van der Waals surface area contributed by atoms with E-state index < -0.39 is 0 Å². The predicted octanol–water partition coefficient (Wildman–Crippen LogP) is 3.66. The average Bonchev–Trinajstić information content (AvgIpc) is 2.55. The minimum absolute atomic E-state index is 0.216. The molecular formula is C18H24N4O. The second-order valence-electron chi connectivity index (χ2n) is 5.57. The largest absolute Gasteiger partial charge is 0.357 e. The molecule has 0 aliphatic rings. The topological polar surface area (TPSA) is 58.1 Å². The molecule has 23 heavy (non-hydrogen) atoms. The van der Waals surface area contributed by atoms with Crippen molar-refractivity contribution in [2.45, 2.75) is 33.6 Å². The summed E-state index contributed by atoms with van der Waals surface area (Å²) >= 11 is 0. The van der Waals surface area contributed by atoms with E-state index in [1.165, 1.54) is 6.33 Å². The van der Waals surface area contributed by atoms with Crippen LogP contribution in [0.15, 0.2) is 36.7 Å². The van der Waals surface area contributed by atoms with Crippen molar-refractivity contribution < 1.29 is 4.79 Å². The lowest BCUT2D eigenvalue weighted by atomic mass is 10.2. The number of amides is 1. The van der Waals surface area contributed by atoms with Crippen molar-refractivity contribution in [3.8, 4) is 0 Å². The molecule has 1 aromatic carbocycles. The third kappa shape index (κ3) is 4.77. The van der Waals surface area contributed by atoms with E-state index in [-0.39, 0.29) is 5.91 Å². The van der Waals surface area contributed by atoms with Gasteiger partial charge in [-0.25, -0.2) is 9.97 Å². The van der Waals surface area contributed by atoms with E-state index in [1.807, 2.05) is 31.2 Å². The van der Waals surface area contributed by atoms with Gasteiger partial charge in [-0.15, -0.1) is 0 Å². The number of carbonyl (C=O) groups is 1. The number of anilines is 2. The number of aryl methyl sites for hydroxylation is 1. The molecular weight excluding hydrogens is 288 g/mol. The van der Waals surface area contributed by atoms with Crippen LogP contribution in [0.5, 0.6) is 0 Å². The number of carbonyl (C=O) groups excluding carboxylic acids is 1. The number of rotatable bonds is 7. The number of hydrogen-bond acceptors (Lipinski definition) is 4. The minimum Gasteiger partial charge on any atom is -0.357 e. The highest BCUT2D eigenvalue weighted by molar-refractivity contribution is 6.03. The first-order valence-electron chi connectivity index (χ1n) is 8.09. The number of nitrogens with zero attached hydrogens (tertiary/aromatic N) is 3. The van der Waals surface area contributed by atoms with Crippen LogP contribution in [0.3, 0.4) is 0 Å². The lowest BCUT2D eigenvalue weighted by Crippen LogP contribution is -2.26. The lowest BCUT2D eigenvalue weighted by molar-refractivity contribution is 0.102. The van der Waals surface area contributed by atoms with E-state index in [2.05, 4.69) is 34.0 Å². The summed E-state index contributed by atoms with van der Waals surface area (Å²) in [6.07, 6.45) is 3.53. The normalized spacial score (nSPS) is 10.4. The Morgan fingerprint density at radius 2 is 1.87 bits per heavy atom. The van der Waals surface area contributed by atoms with Gasteiger partial charge in [0.1, 0.15) is 17.8 Å². The zero-order valence-corrected chi connectivity index (χ0v) is 14.0. The summed E-state index contributed by atoms with van der Waals surface area (Å²) in [7, 11) is 0. The molecule has 2 aromatic rings. The summed E-state index contributed by atoms with van der Waals surface area (Å²) in [5, 5.41) is 2.88. The highest BCUT2D eigenvalue weighted by atomic mass is 16.1. The molecule has 1 heterocycles. The van der Waals surface area contributed by atoms with Gasteiger partial charge in [0.05, 0.1) is 0 Å². The van der Waals surface area contributed by atoms with Crippen LogP contribution in [0.4, 0.5) is 11.5 Å². The maximum absolute atomic E-state index is 12.4. The Morgan fingerprint density at radius 3 is 2.52 bits per heavy atom.